The minimum Gasteiger partial charge on any atom is -0.469 e. The molecule has 1 amide bonds. The van der Waals surface area contributed by atoms with Crippen LogP contribution in [0.4, 0.5) is 4.39 Å². The molecule has 3 aromatic rings. The van der Waals surface area contributed by atoms with Gasteiger partial charge in [0.05, 0.1) is 16.8 Å². The lowest BCUT2D eigenvalue weighted by Gasteiger charge is -2.21. The van der Waals surface area contributed by atoms with E-state index in [9.17, 15) is 13.2 Å². The third-order valence-electron chi connectivity index (χ3n) is 4.83. The van der Waals surface area contributed by atoms with Crippen LogP contribution >= 0.6 is 23.2 Å². The number of benzene rings is 2. The SMILES string of the molecule is CC[C@H](Oc1ncccc1-c1c(C)cc(Cl)c(F)c1C(=O)NS(C)(=O)=O)c1ccc(Cl)cc1. The van der Waals surface area contributed by atoms with Gasteiger partial charge in [-0.15, -0.1) is 0 Å². The monoisotopic (exact) mass is 510 g/mol. The average molecular weight is 511 g/mol. The Morgan fingerprint density at radius 3 is 2.48 bits per heavy atom. The summed E-state index contributed by atoms with van der Waals surface area (Å²) in [5, 5.41) is 0.273. The number of amides is 1. The Morgan fingerprint density at radius 2 is 1.88 bits per heavy atom. The molecule has 3 rings (SSSR count). The number of ether oxygens (including phenoxy) is 1. The number of nitrogens with one attached hydrogen (secondary N) is 1. The van der Waals surface area contributed by atoms with Crippen molar-refractivity contribution in [2.75, 3.05) is 6.26 Å². The highest BCUT2D eigenvalue weighted by molar-refractivity contribution is 7.89. The minimum absolute atomic E-state index is 0.132. The number of rotatable bonds is 7. The molecule has 1 atom stereocenters. The number of carbonyl (C=O) groups excluding carboxylic acids is 1. The first-order valence-corrected chi connectivity index (χ1v) is 12.5. The first-order chi connectivity index (χ1) is 15.5. The van der Waals surface area contributed by atoms with E-state index in [1.165, 1.54) is 12.3 Å². The highest BCUT2D eigenvalue weighted by atomic mass is 35.5. The molecule has 0 unspecified atom stereocenters. The van der Waals surface area contributed by atoms with Crippen LogP contribution in [0.15, 0.2) is 48.7 Å². The van der Waals surface area contributed by atoms with Crippen molar-refractivity contribution in [2.24, 2.45) is 0 Å². The van der Waals surface area contributed by atoms with Gasteiger partial charge in [0.15, 0.2) is 5.82 Å². The Bertz CT molecular complexity index is 1300. The van der Waals surface area contributed by atoms with E-state index in [4.69, 9.17) is 27.9 Å². The van der Waals surface area contributed by atoms with E-state index in [0.29, 0.717) is 22.6 Å². The van der Waals surface area contributed by atoms with Gasteiger partial charge >= 0.3 is 0 Å². The number of hydrogen-bond acceptors (Lipinski definition) is 5. The second-order valence-corrected chi connectivity index (χ2v) is 9.96. The smallest absolute Gasteiger partial charge is 0.268 e. The second-order valence-electron chi connectivity index (χ2n) is 7.37. The van der Waals surface area contributed by atoms with E-state index in [-0.39, 0.29) is 16.5 Å². The lowest BCUT2D eigenvalue weighted by molar-refractivity contribution is 0.0978. The lowest BCUT2D eigenvalue weighted by Crippen LogP contribution is -2.30. The number of aromatic nitrogens is 1. The summed E-state index contributed by atoms with van der Waals surface area (Å²) in [6, 6.07) is 11.7. The third kappa shape index (κ3) is 5.82. The van der Waals surface area contributed by atoms with Crippen molar-refractivity contribution in [1.29, 1.82) is 0 Å². The Kier molecular flexibility index (Phi) is 7.62. The van der Waals surface area contributed by atoms with Gasteiger partial charge in [0.1, 0.15) is 6.10 Å². The zero-order valence-electron chi connectivity index (χ0n) is 18.0. The molecular formula is C23H21Cl2FN2O4S. The summed E-state index contributed by atoms with van der Waals surface area (Å²) >= 11 is 12.0. The fourth-order valence-electron chi connectivity index (χ4n) is 3.41. The largest absolute Gasteiger partial charge is 0.469 e. The number of nitrogens with zero attached hydrogens (tertiary/aromatic N) is 1. The molecule has 0 aliphatic heterocycles. The van der Waals surface area contributed by atoms with Gasteiger partial charge in [-0.2, -0.15) is 0 Å². The molecule has 33 heavy (non-hydrogen) atoms. The van der Waals surface area contributed by atoms with E-state index in [1.54, 1.807) is 35.9 Å². The van der Waals surface area contributed by atoms with E-state index >= 15 is 4.39 Å². The van der Waals surface area contributed by atoms with Crippen molar-refractivity contribution in [2.45, 2.75) is 26.4 Å². The maximum absolute atomic E-state index is 15.1. The zero-order valence-corrected chi connectivity index (χ0v) is 20.4. The van der Waals surface area contributed by atoms with Crippen molar-refractivity contribution < 1.29 is 22.3 Å². The zero-order chi connectivity index (χ0) is 24.3. The molecule has 0 radical (unpaired) electrons. The van der Waals surface area contributed by atoms with Crippen LogP contribution in [-0.2, 0) is 10.0 Å². The Labute approximate surface area is 201 Å². The van der Waals surface area contributed by atoms with Crippen LogP contribution in [0.2, 0.25) is 10.0 Å². The number of sulfonamides is 1. The van der Waals surface area contributed by atoms with Crippen LogP contribution in [-0.4, -0.2) is 25.6 Å². The van der Waals surface area contributed by atoms with E-state index in [0.717, 1.165) is 11.8 Å². The lowest BCUT2D eigenvalue weighted by atomic mass is 9.94. The second kappa shape index (κ2) is 10.1. The van der Waals surface area contributed by atoms with Gasteiger partial charge in [0, 0.05) is 22.3 Å². The first kappa shape index (κ1) is 25.0. The Morgan fingerprint density at radius 1 is 1.21 bits per heavy atom. The molecule has 0 saturated carbocycles. The molecule has 174 valence electrons. The normalized spacial score (nSPS) is 12.3. The van der Waals surface area contributed by atoms with Crippen molar-refractivity contribution in [3.63, 3.8) is 0 Å². The summed E-state index contributed by atoms with van der Waals surface area (Å²) in [6.07, 6.45) is 2.50. The summed E-state index contributed by atoms with van der Waals surface area (Å²) in [6.45, 7) is 3.56. The van der Waals surface area contributed by atoms with Crippen LogP contribution in [0.5, 0.6) is 5.88 Å². The van der Waals surface area contributed by atoms with Crippen LogP contribution < -0.4 is 9.46 Å². The molecule has 1 aromatic heterocycles. The minimum atomic E-state index is -3.95. The van der Waals surface area contributed by atoms with Gasteiger partial charge in [-0.05, 0) is 54.8 Å². The average Bonchev–Trinajstić information content (AvgIpc) is 2.74. The molecule has 0 spiro atoms. The van der Waals surface area contributed by atoms with Crippen LogP contribution in [0, 0.1) is 12.7 Å². The molecule has 0 saturated heterocycles. The van der Waals surface area contributed by atoms with Crippen LogP contribution in [0.3, 0.4) is 0 Å². The van der Waals surface area contributed by atoms with Gasteiger partial charge in [0.2, 0.25) is 15.9 Å². The molecule has 0 aliphatic rings. The number of hydrogen-bond donors (Lipinski definition) is 1. The highest BCUT2D eigenvalue weighted by Crippen LogP contribution is 2.39. The van der Waals surface area contributed by atoms with Crippen molar-refractivity contribution >= 4 is 39.1 Å². The predicted molar refractivity (Wildman–Crippen MR) is 127 cm³/mol. The molecule has 0 fully saturated rings. The number of pyridine rings is 1. The van der Waals surface area contributed by atoms with Crippen LogP contribution in [0.1, 0.15) is 40.9 Å². The fourth-order valence-corrected chi connectivity index (χ4v) is 4.23. The molecule has 1 heterocycles. The molecule has 1 N–H and O–H groups in total. The van der Waals surface area contributed by atoms with Gasteiger partial charge in [-0.1, -0.05) is 42.3 Å². The Hall–Kier alpha value is -2.68. The van der Waals surface area contributed by atoms with Gasteiger partial charge in [-0.25, -0.2) is 22.5 Å². The van der Waals surface area contributed by atoms with E-state index < -0.39 is 33.4 Å². The highest BCUT2D eigenvalue weighted by Gasteiger charge is 2.27. The van der Waals surface area contributed by atoms with Gasteiger partial charge in [0.25, 0.3) is 5.91 Å². The molecule has 2 aromatic carbocycles. The Balaban J connectivity index is 2.16. The molecule has 0 aliphatic carbocycles. The quantitative estimate of drug-likeness (QED) is 0.439. The van der Waals surface area contributed by atoms with Crippen molar-refractivity contribution in [1.82, 2.24) is 9.71 Å². The number of halogens is 3. The van der Waals surface area contributed by atoms with Crippen molar-refractivity contribution in [3.8, 4) is 17.0 Å². The topological polar surface area (TPSA) is 85.4 Å². The van der Waals surface area contributed by atoms with Crippen LogP contribution in [0.25, 0.3) is 11.1 Å². The third-order valence-corrected chi connectivity index (χ3v) is 5.91. The van der Waals surface area contributed by atoms with Crippen molar-refractivity contribution in [3.05, 3.63) is 81.2 Å². The molecule has 0 bridgehead atoms. The summed E-state index contributed by atoms with van der Waals surface area (Å²) in [5.74, 6) is -2.04. The molecule has 10 heteroatoms. The maximum atomic E-state index is 15.1. The van der Waals surface area contributed by atoms with Gasteiger partial charge in [-0.3, -0.25) is 4.79 Å². The summed E-state index contributed by atoms with van der Waals surface area (Å²) < 4.78 is 46.3. The van der Waals surface area contributed by atoms with E-state index in [1.807, 2.05) is 19.1 Å². The number of carbonyl (C=O) groups is 1. The summed E-state index contributed by atoms with van der Waals surface area (Å²) in [5.41, 5.74) is 1.23. The molecule has 6 nitrogen and oxygen atoms in total. The summed E-state index contributed by atoms with van der Waals surface area (Å²) in [7, 11) is -3.95. The predicted octanol–water partition coefficient (Wildman–Crippen LogP) is 5.72. The van der Waals surface area contributed by atoms with Gasteiger partial charge < -0.3 is 4.74 Å². The first-order valence-electron chi connectivity index (χ1n) is 9.90. The molecular weight excluding hydrogens is 490 g/mol. The number of aryl methyl sites for hydroxylation is 1. The maximum Gasteiger partial charge on any atom is 0.268 e. The fraction of sp³-hybridized carbons (Fsp3) is 0.217. The standard InChI is InChI=1S/C23H21Cl2FN2O4S/c1-4-18(14-7-9-15(24)10-8-14)32-23-16(6-5-11-27-23)19-13(2)12-17(25)21(26)20(19)22(29)28-33(3,30)31/h5-12,18H,4H2,1-3H3,(H,28,29)/t18-/m0/s1. The summed E-state index contributed by atoms with van der Waals surface area (Å²) in [4.78, 5) is 17.1. The van der Waals surface area contributed by atoms with E-state index in [2.05, 4.69) is 4.98 Å².